The summed E-state index contributed by atoms with van der Waals surface area (Å²) in [6.45, 7) is 11.9. The Morgan fingerprint density at radius 1 is 1.04 bits per heavy atom. The van der Waals surface area contributed by atoms with E-state index in [2.05, 4.69) is 33.1 Å². The zero-order valence-electron chi connectivity index (χ0n) is 40.0. The Bertz CT molecular complexity index is 1990. The zero-order valence-corrected chi connectivity index (χ0v) is 40.8. The molecule has 5 atom stereocenters. The number of amides is 7. The number of cyclic esters (lactones) is 1. The maximum absolute atomic E-state index is 13.2. The lowest BCUT2D eigenvalue weighted by molar-refractivity contribution is -0.151. The number of nitrogens with one attached hydrogen (secondary N) is 4. The second-order valence-corrected chi connectivity index (χ2v) is 19.3. The summed E-state index contributed by atoms with van der Waals surface area (Å²) >= 11 is 1.30. The lowest BCUT2D eigenvalue weighted by atomic mass is 9.81. The molecule has 0 spiro atoms. The number of likely N-dealkylation sites (tertiary alicyclic amines) is 1. The lowest BCUT2D eigenvalue weighted by Gasteiger charge is -2.29. The average Bonchev–Trinajstić information content (AvgIpc) is 3.54. The third-order valence-corrected chi connectivity index (χ3v) is 12.7. The van der Waals surface area contributed by atoms with Crippen molar-refractivity contribution in [1.29, 1.82) is 0 Å². The molecular formula is C49H70N6O11S. The van der Waals surface area contributed by atoms with Crippen LogP contribution < -0.4 is 27.0 Å². The van der Waals surface area contributed by atoms with Gasteiger partial charge in [-0.25, -0.2) is 9.59 Å². The van der Waals surface area contributed by atoms with Crippen LogP contribution in [0.2, 0.25) is 0 Å². The molecule has 6 N–H and O–H groups in total. The first-order valence-corrected chi connectivity index (χ1v) is 24.0. The minimum absolute atomic E-state index is 0.0475. The second-order valence-electron chi connectivity index (χ2n) is 18.0. The van der Waals surface area contributed by atoms with Crippen molar-refractivity contribution in [3.8, 4) is 11.8 Å². The first-order valence-electron chi connectivity index (χ1n) is 22.9. The number of carbonyl (C=O) groups excluding carboxylic acids is 8. The number of nitrogens with zero attached hydrogens (tertiary/aromatic N) is 1. The van der Waals surface area contributed by atoms with Crippen LogP contribution in [-0.2, 0) is 47.8 Å². The standard InChI is InChI=1S/C49H70N6O11S/c1-8-9-15-36(65-48(63)53-27-13-26-51-40(56)24-28-67-39-30-42(58)55(46(39)61)31-34-18-20-35(21-19-34)44(50)59)16-12-25-52-45(60)43(49(4,5)6)54-41(57)17-11-10-14-32(2)29-33(3)37-22-23-38(64-7)47(62)66-37/h10-12,14,17,23,25,29,33-37,39,43H,13,15-16,18-22,24,26-28,30-31H2,1-7H3,(H2,50,59)(H,51,56)(H,52,60)(H,53,63)(H,54,57)/b14-10-,17-11-,25-12-,32-29+/t33-,34?,35?,36-,37-,39?,43+/m0/s1. The summed E-state index contributed by atoms with van der Waals surface area (Å²) in [6.07, 6.45) is 16.3. The van der Waals surface area contributed by atoms with Gasteiger partial charge in [0, 0.05) is 75.4 Å². The Hall–Kier alpha value is -5.83. The summed E-state index contributed by atoms with van der Waals surface area (Å²) in [5, 5.41) is 10.4. The molecule has 17 nitrogen and oxygen atoms in total. The molecule has 2 aliphatic heterocycles. The number of imide groups is 1. The molecule has 67 heavy (non-hydrogen) atoms. The summed E-state index contributed by atoms with van der Waals surface area (Å²) < 4.78 is 16.0. The Kier molecular flexibility index (Phi) is 23.5. The Labute approximate surface area is 399 Å². The van der Waals surface area contributed by atoms with Gasteiger partial charge in [-0.3, -0.25) is 33.7 Å². The smallest absolute Gasteiger partial charge is 0.407 e. The van der Waals surface area contributed by atoms with E-state index in [1.165, 1.54) is 36.0 Å². The van der Waals surface area contributed by atoms with Crippen molar-refractivity contribution in [1.82, 2.24) is 26.2 Å². The van der Waals surface area contributed by atoms with E-state index in [0.717, 1.165) is 18.4 Å². The fourth-order valence-corrected chi connectivity index (χ4v) is 8.73. The molecule has 3 aliphatic rings. The number of carbonyl (C=O) groups is 8. The van der Waals surface area contributed by atoms with Gasteiger partial charge in [0.15, 0.2) is 5.76 Å². The second kappa shape index (κ2) is 28.4. The predicted molar refractivity (Wildman–Crippen MR) is 255 cm³/mol. The SMILES string of the molecule is CC#CC[C@@H](C/C=C\NC(=O)[C@@H](NC(=O)\C=C/C=C\C(C)=C\[C@H](C)[C@@H]1CC=C(OC)C(=O)O1)C(C)(C)C)OC(=O)NCCCNC(=O)CCSC1CC(=O)N(CC2CCC(C(N)=O)CC2)C1=O. The minimum Gasteiger partial charge on any atom is -0.490 e. The fourth-order valence-electron chi connectivity index (χ4n) is 7.61. The molecule has 1 saturated carbocycles. The van der Waals surface area contributed by atoms with Crippen molar-refractivity contribution in [2.24, 2.45) is 28.9 Å². The number of alkyl carbamates (subject to hydrolysis) is 1. The Balaban J connectivity index is 1.34. The predicted octanol–water partition coefficient (Wildman–Crippen LogP) is 4.63. The van der Waals surface area contributed by atoms with Gasteiger partial charge < -0.3 is 41.2 Å². The molecule has 18 heteroatoms. The Morgan fingerprint density at radius 3 is 2.40 bits per heavy atom. The van der Waals surface area contributed by atoms with Gasteiger partial charge in [0.05, 0.1) is 12.4 Å². The maximum Gasteiger partial charge on any atom is 0.407 e. The largest absolute Gasteiger partial charge is 0.490 e. The van der Waals surface area contributed by atoms with Crippen molar-refractivity contribution in [3.05, 3.63) is 60.1 Å². The number of rotatable bonds is 24. The number of hydrogen-bond acceptors (Lipinski definition) is 12. The molecule has 0 radical (unpaired) electrons. The van der Waals surface area contributed by atoms with E-state index in [1.54, 1.807) is 31.2 Å². The van der Waals surface area contributed by atoms with Crippen LogP contribution in [0, 0.1) is 35.0 Å². The van der Waals surface area contributed by atoms with E-state index in [9.17, 15) is 38.4 Å². The first kappa shape index (κ1) is 55.5. The van der Waals surface area contributed by atoms with E-state index in [4.69, 9.17) is 19.9 Å². The quantitative estimate of drug-likeness (QED) is 0.0222. The van der Waals surface area contributed by atoms with Crippen LogP contribution >= 0.6 is 11.8 Å². The van der Waals surface area contributed by atoms with Gasteiger partial charge in [-0.15, -0.1) is 17.7 Å². The summed E-state index contributed by atoms with van der Waals surface area (Å²) in [5.41, 5.74) is 5.70. The molecule has 0 aromatic carbocycles. The summed E-state index contributed by atoms with van der Waals surface area (Å²) in [7, 11) is 1.43. The molecule has 7 amide bonds. The molecule has 0 aromatic rings. The van der Waals surface area contributed by atoms with Crippen molar-refractivity contribution in [3.63, 3.8) is 0 Å². The number of esters is 1. The minimum atomic E-state index is -0.876. The summed E-state index contributed by atoms with van der Waals surface area (Å²) in [5.74, 6) is 3.94. The monoisotopic (exact) mass is 950 g/mol. The van der Waals surface area contributed by atoms with Gasteiger partial charge in [-0.2, -0.15) is 0 Å². The number of hydrogen-bond donors (Lipinski definition) is 5. The molecule has 0 bridgehead atoms. The fraction of sp³-hybridized carbons (Fsp3) is 0.592. The van der Waals surface area contributed by atoms with E-state index in [1.807, 2.05) is 46.8 Å². The van der Waals surface area contributed by atoms with Gasteiger partial charge in [0.1, 0.15) is 18.2 Å². The topological polar surface area (TPSA) is 242 Å². The van der Waals surface area contributed by atoms with Gasteiger partial charge in [-0.1, -0.05) is 69.6 Å². The number of allylic oxidation sites excluding steroid dienone is 4. The van der Waals surface area contributed by atoms with E-state index in [-0.39, 0.29) is 85.5 Å². The third kappa shape index (κ3) is 19.9. The molecule has 1 aliphatic carbocycles. The molecule has 2 fully saturated rings. The highest BCUT2D eigenvalue weighted by molar-refractivity contribution is 8.00. The van der Waals surface area contributed by atoms with Crippen molar-refractivity contribution >= 4 is 59.3 Å². The molecular weight excluding hydrogens is 881 g/mol. The zero-order chi connectivity index (χ0) is 49.5. The third-order valence-electron chi connectivity index (χ3n) is 11.5. The maximum atomic E-state index is 13.2. The van der Waals surface area contributed by atoms with Crippen molar-refractivity contribution in [2.45, 2.75) is 129 Å². The van der Waals surface area contributed by atoms with Crippen LogP contribution in [-0.4, -0.2) is 108 Å². The molecule has 1 saturated heterocycles. The molecule has 1 unspecified atom stereocenters. The Morgan fingerprint density at radius 2 is 1.75 bits per heavy atom. The normalized spacial score (nSPS) is 21.5. The number of ether oxygens (including phenoxy) is 3. The van der Waals surface area contributed by atoms with Crippen LogP contribution in [0.5, 0.6) is 0 Å². The number of nitrogens with two attached hydrogens (primary N) is 1. The number of thioether (sulfide) groups is 1. The number of primary amides is 1. The van der Waals surface area contributed by atoms with E-state index in [0.29, 0.717) is 44.5 Å². The van der Waals surface area contributed by atoms with Crippen LogP contribution in [0.3, 0.4) is 0 Å². The van der Waals surface area contributed by atoms with Crippen molar-refractivity contribution in [2.75, 3.05) is 32.5 Å². The van der Waals surface area contributed by atoms with Gasteiger partial charge >= 0.3 is 12.1 Å². The van der Waals surface area contributed by atoms with Crippen LogP contribution in [0.25, 0.3) is 0 Å². The van der Waals surface area contributed by atoms with E-state index < -0.39 is 46.7 Å². The molecule has 368 valence electrons. The van der Waals surface area contributed by atoms with Crippen LogP contribution in [0.4, 0.5) is 4.79 Å². The van der Waals surface area contributed by atoms with Gasteiger partial charge in [0.2, 0.25) is 35.4 Å². The summed E-state index contributed by atoms with van der Waals surface area (Å²) in [4.78, 5) is 101. The molecule has 3 rings (SSSR count). The lowest BCUT2D eigenvalue weighted by Crippen LogP contribution is -2.52. The van der Waals surface area contributed by atoms with Crippen LogP contribution in [0.15, 0.2) is 60.1 Å². The molecule has 2 heterocycles. The highest BCUT2D eigenvalue weighted by Crippen LogP contribution is 2.32. The van der Waals surface area contributed by atoms with Crippen LogP contribution in [0.1, 0.15) is 106 Å². The van der Waals surface area contributed by atoms with Crippen molar-refractivity contribution < 1.29 is 52.6 Å². The average molecular weight is 951 g/mol. The van der Waals surface area contributed by atoms with E-state index >= 15 is 0 Å². The van der Waals surface area contributed by atoms with Gasteiger partial charge in [0.25, 0.3) is 0 Å². The highest BCUT2D eigenvalue weighted by Gasteiger charge is 2.40. The summed E-state index contributed by atoms with van der Waals surface area (Å²) in [6, 6.07) is -0.876. The first-order chi connectivity index (χ1) is 31.8. The highest BCUT2D eigenvalue weighted by atomic mass is 32.2. The van der Waals surface area contributed by atoms with Gasteiger partial charge in [-0.05, 0) is 69.6 Å². The number of methoxy groups -OCH3 is 1. The molecule has 0 aromatic heterocycles.